The van der Waals surface area contributed by atoms with E-state index in [4.69, 9.17) is 15.4 Å². The molecule has 4 N–H and O–H groups in total. The molecule has 0 radical (unpaired) electrons. The first-order valence-electron chi connectivity index (χ1n) is 7.69. The van der Waals surface area contributed by atoms with Crippen molar-refractivity contribution in [3.05, 3.63) is 70.8 Å². The van der Waals surface area contributed by atoms with Crippen LogP contribution in [0.3, 0.4) is 0 Å². The highest BCUT2D eigenvalue weighted by Gasteiger charge is 2.13. The normalized spacial score (nSPS) is 10.5. The van der Waals surface area contributed by atoms with Crippen molar-refractivity contribution in [2.45, 2.75) is 13.1 Å². The summed E-state index contributed by atoms with van der Waals surface area (Å²) in [6.45, 7) is 0.467. The van der Waals surface area contributed by atoms with Gasteiger partial charge >= 0.3 is 11.9 Å². The predicted octanol–water partition coefficient (Wildman–Crippen LogP) is 1.59. The van der Waals surface area contributed by atoms with Gasteiger partial charge in [-0.25, -0.2) is 15.1 Å². The highest BCUT2D eigenvalue weighted by Crippen LogP contribution is 2.13. The van der Waals surface area contributed by atoms with Crippen LogP contribution in [0.25, 0.3) is 0 Å². The Balaban J connectivity index is 2.17. The largest absolute Gasteiger partial charge is 0.478 e. The standard InChI is InChI=1S/C18H18N2O6/c21-16(19-26)11-20(9-12-4-6-14(7-5-12)17(22)23)10-13-2-1-3-15(8-13)18(24)25/h1-8,26H,9-11H2,(H,19,21)(H,22,23)(H,24,25). The molecule has 0 unspecified atom stereocenters. The first kappa shape index (κ1) is 19.1. The SMILES string of the molecule is O=C(CN(Cc1ccc(C(=O)O)cc1)Cc1cccc(C(=O)O)c1)NO. The molecule has 0 aromatic heterocycles. The Labute approximate surface area is 149 Å². The third-order valence-corrected chi connectivity index (χ3v) is 3.68. The van der Waals surface area contributed by atoms with E-state index < -0.39 is 17.8 Å². The molecule has 0 saturated heterocycles. The predicted molar refractivity (Wildman–Crippen MR) is 90.8 cm³/mol. The molecule has 0 aliphatic rings. The maximum atomic E-state index is 11.5. The molecule has 0 saturated carbocycles. The second-order valence-electron chi connectivity index (χ2n) is 5.69. The van der Waals surface area contributed by atoms with Crippen LogP contribution < -0.4 is 5.48 Å². The molecule has 0 spiro atoms. The van der Waals surface area contributed by atoms with Crippen LogP contribution in [-0.2, 0) is 17.9 Å². The highest BCUT2D eigenvalue weighted by atomic mass is 16.5. The van der Waals surface area contributed by atoms with Gasteiger partial charge in [-0.3, -0.25) is 14.9 Å². The minimum absolute atomic E-state index is 0.117. The van der Waals surface area contributed by atoms with Crippen molar-refractivity contribution in [1.29, 1.82) is 0 Å². The molecule has 26 heavy (non-hydrogen) atoms. The van der Waals surface area contributed by atoms with Gasteiger partial charge in [-0.15, -0.1) is 0 Å². The lowest BCUT2D eigenvalue weighted by Crippen LogP contribution is -2.35. The van der Waals surface area contributed by atoms with Gasteiger partial charge in [-0.2, -0.15) is 0 Å². The number of carbonyl (C=O) groups is 3. The van der Waals surface area contributed by atoms with Crippen molar-refractivity contribution in [2.75, 3.05) is 6.54 Å². The van der Waals surface area contributed by atoms with Crippen LogP contribution in [0.15, 0.2) is 48.5 Å². The number of hydrogen-bond donors (Lipinski definition) is 4. The van der Waals surface area contributed by atoms with Gasteiger partial charge in [0, 0.05) is 13.1 Å². The molecule has 1 amide bonds. The minimum Gasteiger partial charge on any atom is -0.478 e. The Morgan fingerprint density at radius 1 is 0.846 bits per heavy atom. The van der Waals surface area contributed by atoms with Gasteiger partial charge in [0.1, 0.15) is 0 Å². The first-order chi connectivity index (χ1) is 12.4. The number of carboxylic acid groups (broad SMARTS) is 2. The second kappa shape index (κ2) is 8.75. The zero-order valence-corrected chi connectivity index (χ0v) is 13.8. The molecule has 2 aromatic rings. The van der Waals surface area contributed by atoms with Gasteiger partial charge in [-0.1, -0.05) is 24.3 Å². The zero-order chi connectivity index (χ0) is 19.1. The molecule has 0 aliphatic heterocycles. The molecule has 0 aliphatic carbocycles. The van der Waals surface area contributed by atoms with Crippen molar-refractivity contribution in [3.8, 4) is 0 Å². The van der Waals surface area contributed by atoms with Crippen LogP contribution in [0, 0.1) is 0 Å². The van der Waals surface area contributed by atoms with Crippen LogP contribution in [-0.4, -0.2) is 44.7 Å². The number of amides is 1. The van der Waals surface area contributed by atoms with Gasteiger partial charge < -0.3 is 10.2 Å². The molecule has 2 rings (SSSR count). The summed E-state index contributed by atoms with van der Waals surface area (Å²) in [7, 11) is 0. The van der Waals surface area contributed by atoms with Crippen molar-refractivity contribution < 1.29 is 29.8 Å². The Morgan fingerprint density at radius 2 is 1.46 bits per heavy atom. The van der Waals surface area contributed by atoms with Crippen molar-refractivity contribution in [1.82, 2.24) is 10.4 Å². The number of carboxylic acids is 2. The number of benzene rings is 2. The van der Waals surface area contributed by atoms with Crippen LogP contribution >= 0.6 is 0 Å². The van der Waals surface area contributed by atoms with E-state index in [0.717, 1.165) is 5.56 Å². The Kier molecular flexibility index (Phi) is 6.42. The maximum absolute atomic E-state index is 11.5. The fourth-order valence-corrected chi connectivity index (χ4v) is 2.48. The molecular formula is C18H18N2O6. The topological polar surface area (TPSA) is 127 Å². The Morgan fingerprint density at radius 3 is 2.04 bits per heavy atom. The van der Waals surface area contributed by atoms with E-state index in [1.54, 1.807) is 34.6 Å². The quantitative estimate of drug-likeness (QED) is 0.417. The van der Waals surface area contributed by atoms with Gasteiger partial charge in [0.25, 0.3) is 5.91 Å². The Bertz CT molecular complexity index is 804. The van der Waals surface area contributed by atoms with Gasteiger partial charge in [0.15, 0.2) is 0 Å². The summed E-state index contributed by atoms with van der Waals surface area (Å²) in [4.78, 5) is 35.2. The third kappa shape index (κ3) is 5.40. The number of nitrogens with one attached hydrogen (secondary N) is 1. The zero-order valence-electron chi connectivity index (χ0n) is 13.8. The molecule has 0 heterocycles. The van der Waals surface area contributed by atoms with E-state index in [-0.39, 0.29) is 24.2 Å². The second-order valence-corrected chi connectivity index (χ2v) is 5.69. The number of hydrogen-bond acceptors (Lipinski definition) is 5. The van der Waals surface area contributed by atoms with E-state index in [2.05, 4.69) is 0 Å². The number of hydroxylamine groups is 1. The molecular weight excluding hydrogens is 340 g/mol. The first-order valence-corrected chi connectivity index (χ1v) is 7.69. The third-order valence-electron chi connectivity index (χ3n) is 3.68. The van der Waals surface area contributed by atoms with Gasteiger partial charge in [0.2, 0.25) is 0 Å². The summed E-state index contributed by atoms with van der Waals surface area (Å²) in [6, 6.07) is 12.6. The average Bonchev–Trinajstić information content (AvgIpc) is 2.62. The summed E-state index contributed by atoms with van der Waals surface area (Å²) >= 11 is 0. The van der Waals surface area contributed by atoms with E-state index in [9.17, 15) is 14.4 Å². The van der Waals surface area contributed by atoms with E-state index in [1.165, 1.54) is 24.3 Å². The lowest BCUT2D eigenvalue weighted by Gasteiger charge is -2.21. The van der Waals surface area contributed by atoms with E-state index >= 15 is 0 Å². The van der Waals surface area contributed by atoms with Crippen molar-refractivity contribution in [2.24, 2.45) is 0 Å². The number of nitrogens with zero attached hydrogens (tertiary/aromatic N) is 1. The summed E-state index contributed by atoms with van der Waals surface area (Å²) < 4.78 is 0. The molecule has 136 valence electrons. The average molecular weight is 358 g/mol. The van der Waals surface area contributed by atoms with Crippen molar-refractivity contribution in [3.63, 3.8) is 0 Å². The fourth-order valence-electron chi connectivity index (χ4n) is 2.48. The number of carbonyl (C=O) groups excluding carboxylic acids is 1. The van der Waals surface area contributed by atoms with Gasteiger partial charge in [0.05, 0.1) is 17.7 Å². The van der Waals surface area contributed by atoms with Crippen LogP contribution in [0.4, 0.5) is 0 Å². The molecule has 8 nitrogen and oxygen atoms in total. The minimum atomic E-state index is -1.05. The lowest BCUT2D eigenvalue weighted by molar-refractivity contribution is -0.130. The smallest absolute Gasteiger partial charge is 0.335 e. The van der Waals surface area contributed by atoms with Crippen LogP contribution in [0.1, 0.15) is 31.8 Å². The summed E-state index contributed by atoms with van der Waals surface area (Å²) in [5, 5.41) is 26.8. The van der Waals surface area contributed by atoms with Gasteiger partial charge in [-0.05, 0) is 35.4 Å². The van der Waals surface area contributed by atoms with Crippen LogP contribution in [0.5, 0.6) is 0 Å². The molecule has 8 heteroatoms. The van der Waals surface area contributed by atoms with E-state index in [0.29, 0.717) is 12.1 Å². The summed E-state index contributed by atoms with van der Waals surface area (Å²) in [6.07, 6.45) is 0. The fraction of sp³-hybridized carbons (Fsp3) is 0.167. The highest BCUT2D eigenvalue weighted by molar-refractivity contribution is 5.88. The Hall–Kier alpha value is -3.23. The lowest BCUT2D eigenvalue weighted by atomic mass is 10.1. The molecule has 2 aromatic carbocycles. The number of rotatable bonds is 8. The maximum Gasteiger partial charge on any atom is 0.335 e. The van der Waals surface area contributed by atoms with E-state index in [1.807, 2.05) is 0 Å². The monoisotopic (exact) mass is 358 g/mol. The molecule has 0 bridgehead atoms. The summed E-state index contributed by atoms with van der Waals surface area (Å²) in [5.74, 6) is -2.68. The van der Waals surface area contributed by atoms with Crippen LogP contribution in [0.2, 0.25) is 0 Å². The number of aromatic carboxylic acids is 2. The molecule has 0 fully saturated rings. The molecule has 0 atom stereocenters. The summed E-state index contributed by atoms with van der Waals surface area (Å²) in [5.41, 5.74) is 3.33. The van der Waals surface area contributed by atoms with Crippen molar-refractivity contribution >= 4 is 17.8 Å².